The number of rotatable bonds is 7. The van der Waals surface area contributed by atoms with Crippen LogP contribution in [-0.4, -0.2) is 54.0 Å². The zero-order valence-corrected chi connectivity index (χ0v) is 17.9. The molecule has 0 aliphatic heterocycles. The zero-order chi connectivity index (χ0) is 22.1. The molecule has 158 valence electrons. The molecule has 2 heterocycles. The van der Waals surface area contributed by atoms with E-state index in [2.05, 4.69) is 40.7 Å². The molecule has 0 saturated carbocycles. The van der Waals surface area contributed by atoms with Crippen LogP contribution in [0.5, 0.6) is 0 Å². The molecule has 0 fully saturated rings. The average molecular weight is 416 g/mol. The molecule has 0 atom stereocenters. The first-order valence-electron chi connectivity index (χ1n) is 9.50. The maximum absolute atomic E-state index is 4.39. The van der Waals surface area contributed by atoms with Crippen molar-refractivity contribution in [3.8, 4) is 0 Å². The van der Waals surface area contributed by atoms with Crippen LogP contribution in [0.25, 0.3) is 6.08 Å². The summed E-state index contributed by atoms with van der Waals surface area (Å²) in [5.41, 5.74) is 4.64. The predicted octanol–water partition coefficient (Wildman–Crippen LogP) is 3.30. The van der Waals surface area contributed by atoms with Crippen LogP contribution in [0.3, 0.4) is 0 Å². The lowest BCUT2D eigenvalue weighted by Crippen LogP contribution is -2.19. The number of hydrazone groups is 1. The van der Waals surface area contributed by atoms with Crippen LogP contribution in [0.1, 0.15) is 11.1 Å². The van der Waals surface area contributed by atoms with Gasteiger partial charge in [-0.15, -0.1) is 5.11 Å². The van der Waals surface area contributed by atoms with Crippen LogP contribution in [0, 0.1) is 0 Å². The molecule has 2 aromatic heterocycles. The van der Waals surface area contributed by atoms with E-state index >= 15 is 0 Å². The van der Waals surface area contributed by atoms with Gasteiger partial charge in [-0.3, -0.25) is 4.98 Å². The van der Waals surface area contributed by atoms with E-state index in [1.54, 1.807) is 40.5 Å². The summed E-state index contributed by atoms with van der Waals surface area (Å²) in [5.74, 6) is 1.67. The van der Waals surface area contributed by atoms with E-state index in [4.69, 9.17) is 0 Å². The highest BCUT2D eigenvalue weighted by Gasteiger charge is 2.10. The molecule has 10 heteroatoms. The summed E-state index contributed by atoms with van der Waals surface area (Å²) < 4.78 is 0. The monoisotopic (exact) mass is 416 g/mol. The first-order valence-corrected chi connectivity index (χ1v) is 9.50. The van der Waals surface area contributed by atoms with E-state index in [1.807, 2.05) is 64.6 Å². The third-order valence-corrected chi connectivity index (χ3v) is 3.90. The molecule has 0 unspecified atom stereocenters. The summed E-state index contributed by atoms with van der Waals surface area (Å²) in [6, 6.07) is 13.4. The van der Waals surface area contributed by atoms with Crippen molar-refractivity contribution in [3.05, 3.63) is 72.2 Å². The van der Waals surface area contributed by atoms with Crippen molar-refractivity contribution in [3.63, 3.8) is 0 Å². The molecule has 10 nitrogen and oxygen atoms in total. The molecule has 0 radical (unpaired) electrons. The highest BCUT2D eigenvalue weighted by atomic mass is 15.4. The summed E-state index contributed by atoms with van der Waals surface area (Å²) in [7, 11) is 7.43. The van der Waals surface area contributed by atoms with Gasteiger partial charge in [0.1, 0.15) is 0 Å². The summed E-state index contributed by atoms with van der Waals surface area (Å²) in [4.78, 5) is 20.8. The van der Waals surface area contributed by atoms with Gasteiger partial charge in [-0.25, -0.2) is 5.43 Å². The van der Waals surface area contributed by atoms with Gasteiger partial charge in [-0.2, -0.15) is 25.2 Å². The maximum atomic E-state index is 4.39. The van der Waals surface area contributed by atoms with E-state index in [0.29, 0.717) is 23.7 Å². The molecule has 3 aromatic rings. The standard InChI is InChI=1S/C21H24N10/c1-30(2)20-24-19(25-21(26-20)31(3)4)29-28-18(17-11-13-22-14-12-17)27-23-15-10-16-8-6-5-7-9-16/h5-15H,1-4H3,(H,24,25,26,29)/b15-10+,27-23-,28-18-. The minimum atomic E-state index is 0.295. The number of hydrogen-bond acceptors (Lipinski definition) is 9. The molecular formula is C21H24N10. The third kappa shape index (κ3) is 6.39. The second kappa shape index (κ2) is 10.5. The number of pyridine rings is 1. The Hall–Kier alpha value is -4.21. The van der Waals surface area contributed by atoms with Gasteiger partial charge in [0.05, 0.1) is 6.20 Å². The minimum Gasteiger partial charge on any atom is -0.347 e. The second-order valence-corrected chi connectivity index (χ2v) is 6.77. The van der Waals surface area contributed by atoms with Crippen LogP contribution >= 0.6 is 0 Å². The van der Waals surface area contributed by atoms with Gasteiger partial charge in [-0.1, -0.05) is 30.3 Å². The van der Waals surface area contributed by atoms with Crippen LogP contribution < -0.4 is 15.2 Å². The number of nitrogens with zero attached hydrogens (tertiary/aromatic N) is 9. The number of benzene rings is 1. The van der Waals surface area contributed by atoms with Crippen LogP contribution in [0.4, 0.5) is 17.8 Å². The first-order chi connectivity index (χ1) is 15.0. The van der Waals surface area contributed by atoms with Gasteiger partial charge >= 0.3 is 0 Å². The number of hydrogen-bond donors (Lipinski definition) is 1. The van der Waals surface area contributed by atoms with E-state index in [1.165, 1.54) is 0 Å². The molecule has 31 heavy (non-hydrogen) atoms. The average Bonchev–Trinajstić information content (AvgIpc) is 2.79. The molecule has 0 aliphatic rings. The SMILES string of the molecule is CN(C)c1nc(N\N=C(/N=N\C=C\c2ccccc2)c2ccncc2)nc(N(C)C)n1. The van der Waals surface area contributed by atoms with Gasteiger partial charge in [0.25, 0.3) is 0 Å². The highest BCUT2D eigenvalue weighted by Crippen LogP contribution is 2.14. The summed E-state index contributed by atoms with van der Waals surface area (Å²) in [6.07, 6.45) is 6.80. The van der Waals surface area contributed by atoms with Gasteiger partial charge in [0.15, 0.2) is 0 Å². The molecule has 0 aliphatic carbocycles. The van der Waals surface area contributed by atoms with E-state index in [-0.39, 0.29) is 0 Å². The predicted molar refractivity (Wildman–Crippen MR) is 123 cm³/mol. The fourth-order valence-electron chi connectivity index (χ4n) is 2.32. The first kappa shape index (κ1) is 21.5. The summed E-state index contributed by atoms with van der Waals surface area (Å²) in [5, 5.41) is 12.7. The Kier molecular flexibility index (Phi) is 7.30. The molecule has 1 N–H and O–H groups in total. The van der Waals surface area contributed by atoms with Crippen molar-refractivity contribution < 1.29 is 0 Å². The topological polar surface area (TPSA) is 107 Å². The molecule has 0 saturated heterocycles. The quantitative estimate of drug-likeness (QED) is 0.272. The summed E-state index contributed by atoms with van der Waals surface area (Å²) in [6.45, 7) is 0. The van der Waals surface area contributed by atoms with Crippen molar-refractivity contribution in [2.45, 2.75) is 0 Å². The Balaban J connectivity index is 1.86. The number of nitrogens with one attached hydrogen (secondary N) is 1. The Morgan fingerprint density at radius 3 is 2.13 bits per heavy atom. The molecule has 3 rings (SSSR count). The normalized spacial score (nSPS) is 11.8. The Bertz CT molecular complexity index is 1030. The minimum absolute atomic E-state index is 0.295. The zero-order valence-electron chi connectivity index (χ0n) is 17.9. The lowest BCUT2D eigenvalue weighted by Gasteiger charge is -2.15. The van der Waals surface area contributed by atoms with Gasteiger partial charge in [0.2, 0.25) is 23.7 Å². The number of azo groups is 1. The van der Waals surface area contributed by atoms with Gasteiger partial charge < -0.3 is 9.80 Å². The second-order valence-electron chi connectivity index (χ2n) is 6.77. The Labute approximate surface area is 181 Å². The Morgan fingerprint density at radius 2 is 1.52 bits per heavy atom. The largest absolute Gasteiger partial charge is 0.347 e. The Morgan fingerprint density at radius 1 is 0.871 bits per heavy atom. The lowest BCUT2D eigenvalue weighted by molar-refractivity contribution is 0.913. The van der Waals surface area contributed by atoms with Crippen molar-refractivity contribution in [1.82, 2.24) is 19.9 Å². The molecule has 0 amide bonds. The third-order valence-electron chi connectivity index (χ3n) is 3.90. The fourth-order valence-corrected chi connectivity index (χ4v) is 2.32. The van der Waals surface area contributed by atoms with Gasteiger partial charge in [-0.05, 0) is 23.8 Å². The van der Waals surface area contributed by atoms with Crippen molar-refractivity contribution in [2.24, 2.45) is 15.3 Å². The van der Waals surface area contributed by atoms with Crippen molar-refractivity contribution in [1.29, 1.82) is 0 Å². The number of aromatic nitrogens is 4. The maximum Gasteiger partial charge on any atom is 0.250 e. The molecule has 1 aromatic carbocycles. The van der Waals surface area contributed by atoms with E-state index in [9.17, 15) is 0 Å². The molecule has 0 spiro atoms. The highest BCUT2D eigenvalue weighted by molar-refractivity contribution is 5.99. The van der Waals surface area contributed by atoms with Gasteiger partial charge in [0, 0.05) is 46.1 Å². The van der Waals surface area contributed by atoms with Crippen molar-refractivity contribution in [2.75, 3.05) is 43.4 Å². The summed E-state index contributed by atoms with van der Waals surface area (Å²) >= 11 is 0. The van der Waals surface area contributed by atoms with E-state index < -0.39 is 0 Å². The van der Waals surface area contributed by atoms with Crippen molar-refractivity contribution >= 4 is 29.8 Å². The number of amidine groups is 1. The van der Waals surface area contributed by atoms with E-state index in [0.717, 1.165) is 11.1 Å². The van der Waals surface area contributed by atoms with Crippen LogP contribution in [0.2, 0.25) is 0 Å². The fraction of sp³-hybridized carbons (Fsp3) is 0.190. The van der Waals surface area contributed by atoms with Crippen LogP contribution in [-0.2, 0) is 0 Å². The smallest absolute Gasteiger partial charge is 0.250 e. The number of anilines is 3. The molecular weight excluding hydrogens is 392 g/mol. The molecule has 0 bridgehead atoms. The van der Waals surface area contributed by atoms with Crippen LogP contribution in [0.15, 0.2) is 76.4 Å². The lowest BCUT2D eigenvalue weighted by atomic mass is 10.2.